The Bertz CT molecular complexity index is 737. The highest BCUT2D eigenvalue weighted by molar-refractivity contribution is 7.15. The van der Waals surface area contributed by atoms with Crippen molar-refractivity contribution in [1.29, 1.82) is 0 Å². The number of fused-ring (bicyclic) bond motifs is 1. The molecule has 1 aromatic carbocycles. The Hall–Kier alpha value is -2.05. The molecule has 7 heteroatoms. The lowest BCUT2D eigenvalue weighted by molar-refractivity contribution is -0.135. The van der Waals surface area contributed by atoms with Crippen LogP contribution >= 0.6 is 22.9 Å². The Balaban J connectivity index is 1.86. The first-order valence-electron chi connectivity index (χ1n) is 6.25. The molecule has 0 radical (unpaired) electrons. The van der Waals surface area contributed by atoms with Gasteiger partial charge in [-0.1, -0.05) is 11.6 Å². The standard InChI is InChI=1S/C14H12ClN3O2S/c15-10-1-3-12(4-2-10)18(9-13(19)20)8-11-7-17-5-6-21-14(17)16-11/h1-7H,8-9H2,(H,19,20). The minimum atomic E-state index is -0.883. The number of aliphatic carboxylic acids is 1. The number of thiazole rings is 1. The Kier molecular flexibility index (Phi) is 3.81. The van der Waals surface area contributed by atoms with E-state index < -0.39 is 5.97 Å². The van der Waals surface area contributed by atoms with Crippen LogP contribution in [0.3, 0.4) is 0 Å². The van der Waals surface area contributed by atoms with Crippen LogP contribution < -0.4 is 4.90 Å². The molecule has 2 aromatic heterocycles. The van der Waals surface area contributed by atoms with E-state index in [1.807, 2.05) is 34.3 Å². The van der Waals surface area contributed by atoms with Crippen LogP contribution in [0.25, 0.3) is 4.96 Å². The zero-order valence-corrected chi connectivity index (χ0v) is 12.5. The van der Waals surface area contributed by atoms with Crippen LogP contribution in [-0.2, 0) is 11.3 Å². The first kappa shape index (κ1) is 13.9. The van der Waals surface area contributed by atoms with Gasteiger partial charge in [0.2, 0.25) is 0 Å². The zero-order chi connectivity index (χ0) is 14.8. The predicted molar refractivity (Wildman–Crippen MR) is 83.2 cm³/mol. The van der Waals surface area contributed by atoms with Gasteiger partial charge < -0.3 is 10.0 Å². The van der Waals surface area contributed by atoms with Gasteiger partial charge >= 0.3 is 5.97 Å². The summed E-state index contributed by atoms with van der Waals surface area (Å²) in [7, 11) is 0. The van der Waals surface area contributed by atoms with Crippen LogP contribution in [-0.4, -0.2) is 27.0 Å². The number of anilines is 1. The summed E-state index contributed by atoms with van der Waals surface area (Å²) in [6.45, 7) is 0.342. The fourth-order valence-electron chi connectivity index (χ4n) is 2.10. The minimum absolute atomic E-state index is 0.0905. The Morgan fingerprint density at radius 2 is 2.14 bits per heavy atom. The van der Waals surface area contributed by atoms with E-state index in [4.69, 9.17) is 16.7 Å². The van der Waals surface area contributed by atoms with E-state index >= 15 is 0 Å². The molecule has 0 saturated heterocycles. The van der Waals surface area contributed by atoms with Crippen molar-refractivity contribution in [2.24, 2.45) is 0 Å². The first-order chi connectivity index (χ1) is 10.1. The first-order valence-corrected chi connectivity index (χ1v) is 7.51. The number of benzene rings is 1. The summed E-state index contributed by atoms with van der Waals surface area (Å²) in [6.07, 6.45) is 3.84. The third-order valence-corrected chi connectivity index (χ3v) is 4.04. The molecule has 0 aliphatic carbocycles. The van der Waals surface area contributed by atoms with Gasteiger partial charge in [-0.3, -0.25) is 9.20 Å². The smallest absolute Gasteiger partial charge is 0.323 e. The summed E-state index contributed by atoms with van der Waals surface area (Å²) in [5.41, 5.74) is 1.64. The molecule has 0 atom stereocenters. The highest BCUT2D eigenvalue weighted by Crippen LogP contribution is 2.20. The van der Waals surface area contributed by atoms with E-state index in [1.165, 1.54) is 0 Å². The highest BCUT2D eigenvalue weighted by Gasteiger charge is 2.13. The van der Waals surface area contributed by atoms with Crippen molar-refractivity contribution in [2.75, 3.05) is 11.4 Å². The number of imidazole rings is 1. The summed E-state index contributed by atoms with van der Waals surface area (Å²) >= 11 is 7.42. The molecule has 0 amide bonds. The van der Waals surface area contributed by atoms with Gasteiger partial charge in [0.1, 0.15) is 6.54 Å². The highest BCUT2D eigenvalue weighted by atomic mass is 35.5. The molecule has 3 rings (SSSR count). The minimum Gasteiger partial charge on any atom is -0.480 e. The fourth-order valence-corrected chi connectivity index (χ4v) is 2.95. The van der Waals surface area contributed by atoms with Crippen molar-refractivity contribution in [3.63, 3.8) is 0 Å². The Morgan fingerprint density at radius 1 is 1.38 bits per heavy atom. The molecular weight excluding hydrogens is 310 g/mol. The number of hydrogen-bond donors (Lipinski definition) is 1. The van der Waals surface area contributed by atoms with E-state index in [2.05, 4.69) is 4.98 Å². The Labute approximate surface area is 130 Å². The molecule has 1 N–H and O–H groups in total. The molecule has 0 saturated carbocycles. The van der Waals surface area contributed by atoms with Gasteiger partial charge in [0.15, 0.2) is 4.96 Å². The third-order valence-electron chi connectivity index (χ3n) is 3.01. The van der Waals surface area contributed by atoms with Crippen LogP contribution in [0.4, 0.5) is 5.69 Å². The zero-order valence-electron chi connectivity index (χ0n) is 10.9. The number of carboxylic acids is 1. The van der Waals surface area contributed by atoms with Crippen LogP contribution in [0.2, 0.25) is 5.02 Å². The summed E-state index contributed by atoms with van der Waals surface area (Å²) in [4.78, 5) is 18.2. The maximum absolute atomic E-state index is 11.1. The van der Waals surface area contributed by atoms with Gasteiger partial charge in [0.25, 0.3) is 0 Å². The van der Waals surface area contributed by atoms with E-state index in [9.17, 15) is 4.79 Å². The predicted octanol–water partition coefficient (Wildman–Crippen LogP) is 3.14. The number of hydrogen-bond acceptors (Lipinski definition) is 4. The largest absolute Gasteiger partial charge is 0.480 e. The second-order valence-electron chi connectivity index (χ2n) is 4.55. The summed E-state index contributed by atoms with van der Waals surface area (Å²) < 4.78 is 1.93. The number of carbonyl (C=O) groups is 1. The van der Waals surface area contributed by atoms with Crippen LogP contribution in [0.5, 0.6) is 0 Å². The van der Waals surface area contributed by atoms with Crippen molar-refractivity contribution < 1.29 is 9.90 Å². The maximum Gasteiger partial charge on any atom is 0.323 e. The number of halogens is 1. The number of rotatable bonds is 5. The number of aromatic nitrogens is 2. The quantitative estimate of drug-likeness (QED) is 0.784. The SMILES string of the molecule is O=C(O)CN(Cc1cn2ccsc2n1)c1ccc(Cl)cc1. The molecule has 0 unspecified atom stereocenters. The van der Waals surface area contributed by atoms with Gasteiger partial charge in [0, 0.05) is 28.5 Å². The molecule has 0 aliphatic heterocycles. The van der Waals surface area contributed by atoms with Gasteiger partial charge in [0.05, 0.1) is 12.2 Å². The molecule has 0 fully saturated rings. The molecule has 21 heavy (non-hydrogen) atoms. The molecule has 108 valence electrons. The van der Waals surface area contributed by atoms with Gasteiger partial charge in [-0.05, 0) is 24.3 Å². The molecule has 0 bridgehead atoms. The van der Waals surface area contributed by atoms with E-state index in [0.29, 0.717) is 11.6 Å². The summed E-state index contributed by atoms with van der Waals surface area (Å²) in [6, 6.07) is 7.11. The van der Waals surface area contributed by atoms with Gasteiger partial charge in [-0.25, -0.2) is 4.98 Å². The fraction of sp³-hybridized carbons (Fsp3) is 0.143. The molecule has 0 aliphatic rings. The lowest BCUT2D eigenvalue weighted by Crippen LogP contribution is -2.29. The average Bonchev–Trinajstić information content (AvgIpc) is 2.99. The molecule has 2 heterocycles. The van der Waals surface area contributed by atoms with Gasteiger partial charge in [-0.15, -0.1) is 11.3 Å². The van der Waals surface area contributed by atoms with E-state index in [0.717, 1.165) is 16.3 Å². The van der Waals surface area contributed by atoms with Crippen molar-refractivity contribution in [1.82, 2.24) is 9.38 Å². The summed E-state index contributed by atoms with van der Waals surface area (Å²) in [5.74, 6) is -0.883. The Morgan fingerprint density at radius 3 is 2.81 bits per heavy atom. The molecule has 5 nitrogen and oxygen atoms in total. The normalized spacial score (nSPS) is 10.9. The number of nitrogens with zero attached hydrogens (tertiary/aromatic N) is 3. The van der Waals surface area contributed by atoms with E-state index in [1.54, 1.807) is 28.4 Å². The van der Waals surface area contributed by atoms with Crippen molar-refractivity contribution >= 4 is 39.6 Å². The van der Waals surface area contributed by atoms with Crippen molar-refractivity contribution in [3.05, 3.63) is 52.8 Å². The van der Waals surface area contributed by atoms with Crippen LogP contribution in [0, 0.1) is 0 Å². The second-order valence-corrected chi connectivity index (χ2v) is 5.86. The second kappa shape index (κ2) is 5.75. The number of carboxylic acid groups (broad SMARTS) is 1. The van der Waals surface area contributed by atoms with Crippen LogP contribution in [0.15, 0.2) is 42.0 Å². The van der Waals surface area contributed by atoms with Crippen molar-refractivity contribution in [3.8, 4) is 0 Å². The van der Waals surface area contributed by atoms with Crippen molar-refractivity contribution in [2.45, 2.75) is 6.54 Å². The average molecular weight is 322 g/mol. The van der Waals surface area contributed by atoms with Crippen LogP contribution in [0.1, 0.15) is 5.69 Å². The summed E-state index contributed by atoms with van der Waals surface area (Å²) in [5, 5.41) is 11.7. The van der Waals surface area contributed by atoms with E-state index in [-0.39, 0.29) is 6.54 Å². The van der Waals surface area contributed by atoms with Gasteiger partial charge in [-0.2, -0.15) is 0 Å². The lowest BCUT2D eigenvalue weighted by Gasteiger charge is -2.21. The maximum atomic E-state index is 11.1. The topological polar surface area (TPSA) is 57.8 Å². The lowest BCUT2D eigenvalue weighted by atomic mass is 10.2. The molecule has 0 spiro atoms. The molecular formula is C14H12ClN3O2S. The molecule has 3 aromatic rings. The monoisotopic (exact) mass is 321 g/mol. The third kappa shape index (κ3) is 3.17.